The third-order valence-electron chi connectivity index (χ3n) is 4.49. The maximum Gasteiger partial charge on any atom is 0.278 e. The molecule has 0 atom stereocenters. The number of carbonyl (C=O) groups is 1. The molecule has 4 rings (SSSR count). The van der Waals surface area contributed by atoms with Crippen LogP contribution in [0.3, 0.4) is 0 Å². The van der Waals surface area contributed by atoms with Gasteiger partial charge in [0, 0.05) is 16.5 Å². The van der Waals surface area contributed by atoms with Gasteiger partial charge < -0.3 is 14.4 Å². The molecule has 0 aliphatic heterocycles. The molecule has 0 aliphatic rings. The number of nitrogens with one attached hydrogen (secondary N) is 1. The summed E-state index contributed by atoms with van der Waals surface area (Å²) < 4.78 is 37.6. The fourth-order valence-electron chi connectivity index (χ4n) is 3.25. The highest BCUT2D eigenvalue weighted by Gasteiger charge is 2.20. The van der Waals surface area contributed by atoms with Crippen molar-refractivity contribution in [3.8, 4) is 5.75 Å². The molecule has 166 valence electrons. The number of methoxy groups -OCH3 is 1. The first-order valence-electron chi connectivity index (χ1n) is 8.94. The molecule has 0 saturated carbocycles. The third-order valence-corrected chi connectivity index (χ3v) is 5.65. The Labute approximate surface area is 191 Å². The number of carbonyl (C=O) groups excluding carboxylic acids is 1. The van der Waals surface area contributed by atoms with Gasteiger partial charge in [0.05, 0.1) is 41.4 Å². The van der Waals surface area contributed by atoms with Crippen LogP contribution in [-0.4, -0.2) is 37.6 Å². The van der Waals surface area contributed by atoms with Crippen LogP contribution < -0.4 is 14.8 Å². The highest BCUT2D eigenvalue weighted by atomic mass is 35.5. The number of sulfonamides is 1. The zero-order chi connectivity index (χ0) is 23.2. The lowest BCUT2D eigenvalue weighted by Gasteiger charge is -2.05. The molecule has 12 heteroatoms. The van der Waals surface area contributed by atoms with Gasteiger partial charge in [-0.15, -0.1) is 0 Å². The molecular formula is C20H15Cl2N3O6S. The van der Waals surface area contributed by atoms with Gasteiger partial charge in [-0.1, -0.05) is 23.2 Å². The number of pyridine rings is 1. The van der Waals surface area contributed by atoms with Crippen molar-refractivity contribution in [1.29, 1.82) is 0 Å². The number of hydrogen-bond donors (Lipinski definition) is 2. The van der Waals surface area contributed by atoms with Gasteiger partial charge in [-0.2, -0.15) is 4.73 Å². The van der Waals surface area contributed by atoms with Crippen molar-refractivity contribution in [3.05, 3.63) is 63.7 Å². The van der Waals surface area contributed by atoms with E-state index in [4.69, 9.17) is 32.4 Å². The molecule has 0 bridgehead atoms. The van der Waals surface area contributed by atoms with Crippen LogP contribution in [0, 0.1) is 0 Å². The number of amides is 1. The standard InChI is InChI=1S/C20H15Cl2N3O6S/c1-30-16-6-4-11(20(26)23-18-13(21)8-25(27)9-14(18)22)17-12-7-10(24-32(2,28)29)3-5-15(12)31-19(16)17/h3-9,24,27H,1-2H3. The van der Waals surface area contributed by atoms with Gasteiger partial charge in [-0.05, 0) is 30.3 Å². The van der Waals surface area contributed by atoms with E-state index in [1.54, 1.807) is 18.2 Å². The van der Waals surface area contributed by atoms with Crippen molar-refractivity contribution in [2.45, 2.75) is 0 Å². The second-order valence-electron chi connectivity index (χ2n) is 6.81. The number of anilines is 1. The van der Waals surface area contributed by atoms with Crippen LogP contribution >= 0.6 is 23.2 Å². The number of halogens is 2. The molecule has 2 aromatic carbocycles. The predicted molar refractivity (Wildman–Crippen MR) is 120 cm³/mol. The number of aromatic nitrogens is 1. The van der Waals surface area contributed by atoms with E-state index >= 15 is 0 Å². The van der Waals surface area contributed by atoms with Gasteiger partial charge in [-0.3, -0.25) is 9.52 Å². The van der Waals surface area contributed by atoms with Crippen LogP contribution in [0.25, 0.3) is 21.9 Å². The molecule has 32 heavy (non-hydrogen) atoms. The molecule has 0 aliphatic carbocycles. The molecule has 9 nitrogen and oxygen atoms in total. The zero-order valence-corrected chi connectivity index (χ0v) is 18.9. The number of furan rings is 1. The lowest BCUT2D eigenvalue weighted by atomic mass is 10.0. The van der Waals surface area contributed by atoms with E-state index < -0.39 is 15.9 Å². The van der Waals surface area contributed by atoms with Gasteiger partial charge in [0.15, 0.2) is 11.3 Å². The summed E-state index contributed by atoms with van der Waals surface area (Å²) in [5.41, 5.74) is 1.15. The minimum atomic E-state index is -3.52. The van der Waals surface area contributed by atoms with Crippen LogP contribution in [-0.2, 0) is 10.0 Å². The Morgan fingerprint density at radius 2 is 1.88 bits per heavy atom. The molecule has 0 saturated heterocycles. The van der Waals surface area contributed by atoms with Gasteiger partial charge in [-0.25, -0.2) is 13.4 Å². The Morgan fingerprint density at radius 3 is 2.50 bits per heavy atom. The number of ether oxygens (including phenoxy) is 1. The van der Waals surface area contributed by atoms with E-state index in [0.29, 0.717) is 38.1 Å². The van der Waals surface area contributed by atoms with Gasteiger partial charge in [0.25, 0.3) is 5.91 Å². The first-order chi connectivity index (χ1) is 15.1. The van der Waals surface area contributed by atoms with E-state index in [2.05, 4.69) is 9.71 Å². The van der Waals surface area contributed by atoms with Crippen LogP contribution in [0.1, 0.15) is 10.4 Å². The monoisotopic (exact) mass is 495 g/mol. The van der Waals surface area contributed by atoms with E-state index in [-0.39, 0.29) is 21.0 Å². The number of nitrogens with zero attached hydrogens (tertiary/aromatic N) is 2. The Balaban J connectivity index is 1.99. The highest BCUT2D eigenvalue weighted by Crippen LogP contribution is 2.38. The van der Waals surface area contributed by atoms with E-state index in [9.17, 15) is 18.4 Å². The molecule has 0 radical (unpaired) electrons. The minimum Gasteiger partial charge on any atom is -0.493 e. The Morgan fingerprint density at radius 1 is 1.19 bits per heavy atom. The quantitative estimate of drug-likeness (QED) is 0.411. The molecule has 0 spiro atoms. The molecule has 2 N–H and O–H groups in total. The van der Waals surface area contributed by atoms with Crippen LogP contribution in [0.4, 0.5) is 5.69 Å². The molecule has 0 fully saturated rings. The average molecular weight is 496 g/mol. The maximum absolute atomic E-state index is 13.1. The maximum atomic E-state index is 13.1. The lowest BCUT2D eigenvalue weighted by molar-refractivity contribution is 0.0999. The Bertz CT molecular complexity index is 1550. The van der Waals surface area contributed by atoms with E-state index in [1.165, 1.54) is 19.2 Å². The zero-order valence-electron chi connectivity index (χ0n) is 16.6. The van der Waals surface area contributed by atoms with E-state index in [1.807, 2.05) is 0 Å². The number of fused-ring (bicyclic) bond motifs is 3. The Hall–Kier alpha value is -3.21. The van der Waals surface area contributed by atoms with Crippen molar-refractivity contribution >= 4 is 66.8 Å². The van der Waals surface area contributed by atoms with Crippen LogP contribution in [0.5, 0.6) is 5.75 Å². The summed E-state index contributed by atoms with van der Waals surface area (Å²) in [4.78, 5) is 17.1. The van der Waals surface area contributed by atoms with Crippen molar-refractivity contribution < 1.29 is 27.6 Å². The molecule has 2 aromatic heterocycles. The fourth-order valence-corrected chi connectivity index (χ4v) is 4.34. The number of benzene rings is 2. The summed E-state index contributed by atoms with van der Waals surface area (Å²) in [7, 11) is -2.06. The minimum absolute atomic E-state index is 0.0140. The van der Waals surface area contributed by atoms with Crippen molar-refractivity contribution in [2.24, 2.45) is 4.99 Å². The fraction of sp³-hybridized carbons (Fsp3) is 0.100. The average Bonchev–Trinajstić information content (AvgIpc) is 3.07. The predicted octanol–water partition coefficient (Wildman–Crippen LogP) is 4.05. The van der Waals surface area contributed by atoms with Gasteiger partial charge >= 0.3 is 0 Å². The first-order valence-corrected chi connectivity index (χ1v) is 11.6. The summed E-state index contributed by atoms with van der Waals surface area (Å²) in [6, 6.07) is 7.74. The highest BCUT2D eigenvalue weighted by molar-refractivity contribution is 7.92. The number of rotatable bonds is 4. The topological polar surface area (TPSA) is 123 Å². The summed E-state index contributed by atoms with van der Waals surface area (Å²) in [6.07, 6.45) is 3.31. The summed E-state index contributed by atoms with van der Waals surface area (Å²) in [5.74, 6) is -0.302. The van der Waals surface area contributed by atoms with Crippen LogP contribution in [0.15, 0.2) is 52.1 Å². The second-order valence-corrected chi connectivity index (χ2v) is 9.37. The summed E-state index contributed by atoms with van der Waals surface area (Å²) >= 11 is 12.1. The second kappa shape index (κ2) is 8.05. The van der Waals surface area contributed by atoms with E-state index in [0.717, 1.165) is 18.6 Å². The molecule has 4 aromatic rings. The smallest absolute Gasteiger partial charge is 0.278 e. The number of hydrogen-bond acceptors (Lipinski definition) is 6. The van der Waals surface area contributed by atoms with Crippen molar-refractivity contribution in [3.63, 3.8) is 0 Å². The Kier molecular flexibility index (Phi) is 5.53. The molecule has 1 amide bonds. The lowest BCUT2D eigenvalue weighted by Crippen LogP contribution is -2.12. The molecule has 2 heterocycles. The summed E-state index contributed by atoms with van der Waals surface area (Å²) in [6.45, 7) is 0. The summed E-state index contributed by atoms with van der Waals surface area (Å²) in [5, 5.41) is 10.3. The molecule has 0 unspecified atom stereocenters. The third kappa shape index (κ3) is 4.12. The molecular weight excluding hydrogens is 481 g/mol. The first kappa shape index (κ1) is 22.0. The largest absolute Gasteiger partial charge is 0.493 e. The van der Waals surface area contributed by atoms with Gasteiger partial charge in [0.2, 0.25) is 10.0 Å². The SMILES string of the molecule is COc1ccc(C(=O)N=c2c(Cl)cn(O)cc2Cl)c2c1oc1ccc(NS(C)(=O)=O)cc12. The van der Waals surface area contributed by atoms with Crippen molar-refractivity contribution in [2.75, 3.05) is 18.1 Å². The van der Waals surface area contributed by atoms with Crippen LogP contribution in [0.2, 0.25) is 10.0 Å². The normalized spacial score (nSPS) is 11.6. The van der Waals surface area contributed by atoms with Crippen molar-refractivity contribution in [1.82, 2.24) is 4.73 Å². The van der Waals surface area contributed by atoms with Gasteiger partial charge in [0.1, 0.15) is 10.9 Å².